The van der Waals surface area contributed by atoms with Gasteiger partial charge in [0.05, 0.1) is 41.3 Å². The van der Waals surface area contributed by atoms with Crippen LogP contribution in [0.25, 0.3) is 0 Å². The van der Waals surface area contributed by atoms with Gasteiger partial charge in [-0.15, -0.1) is 0 Å². The number of anilines is 3. The van der Waals surface area contributed by atoms with Crippen LogP contribution in [0.4, 0.5) is 26.2 Å². The standard InChI is InChI=1S/C22H27FN4O5S/c23-18-5-1-2-6-19(18)25-22(28)26-21-14-17(33(29,30)27-9-12-31-13-10-27)7-8-20(21)24-15-16-4-3-11-32-16/h1-2,5-8,14,16,24H,3-4,9-13,15H2,(H2,25,26,28)/t16-/m0/s1. The number of carbonyl (C=O) groups excluding carboxylic acids is 1. The zero-order chi connectivity index (χ0) is 23.3. The Morgan fingerprint density at radius 1 is 1.03 bits per heavy atom. The van der Waals surface area contributed by atoms with Crippen molar-refractivity contribution in [2.75, 3.05) is 55.4 Å². The number of morpholine rings is 1. The molecular weight excluding hydrogens is 451 g/mol. The molecular formula is C22H27FN4O5S. The van der Waals surface area contributed by atoms with E-state index in [1.807, 2.05) is 0 Å². The molecule has 0 bridgehead atoms. The first-order valence-corrected chi connectivity index (χ1v) is 12.3. The van der Waals surface area contributed by atoms with Gasteiger partial charge in [-0.25, -0.2) is 17.6 Å². The van der Waals surface area contributed by atoms with Crippen LogP contribution in [-0.4, -0.2) is 64.3 Å². The number of carbonyl (C=O) groups is 1. The predicted octanol–water partition coefficient (Wildman–Crippen LogP) is 3.08. The number of ether oxygens (including phenoxy) is 2. The molecule has 2 saturated heterocycles. The Bertz CT molecular complexity index is 1090. The van der Waals surface area contributed by atoms with Crippen LogP contribution in [0.3, 0.4) is 0 Å². The molecule has 0 spiro atoms. The van der Waals surface area contributed by atoms with E-state index in [1.165, 1.54) is 34.6 Å². The lowest BCUT2D eigenvalue weighted by Crippen LogP contribution is -2.40. The van der Waals surface area contributed by atoms with Crippen LogP contribution in [0.15, 0.2) is 47.4 Å². The number of hydrogen-bond donors (Lipinski definition) is 3. The van der Waals surface area contributed by atoms with E-state index in [1.54, 1.807) is 12.1 Å². The number of nitrogens with zero attached hydrogens (tertiary/aromatic N) is 1. The summed E-state index contributed by atoms with van der Waals surface area (Å²) < 4.78 is 52.3. The molecule has 2 aromatic rings. The smallest absolute Gasteiger partial charge is 0.323 e. The Balaban J connectivity index is 1.56. The number of halogens is 1. The third kappa shape index (κ3) is 5.80. The first kappa shape index (κ1) is 23.4. The fourth-order valence-electron chi connectivity index (χ4n) is 3.74. The summed E-state index contributed by atoms with van der Waals surface area (Å²) in [4.78, 5) is 12.6. The van der Waals surface area contributed by atoms with Gasteiger partial charge >= 0.3 is 6.03 Å². The first-order chi connectivity index (χ1) is 15.9. The van der Waals surface area contributed by atoms with Gasteiger partial charge in [-0.2, -0.15) is 4.31 Å². The number of urea groups is 1. The van der Waals surface area contributed by atoms with E-state index in [0.29, 0.717) is 32.1 Å². The zero-order valence-corrected chi connectivity index (χ0v) is 18.9. The van der Waals surface area contributed by atoms with Crippen molar-refractivity contribution in [3.05, 3.63) is 48.3 Å². The summed E-state index contributed by atoms with van der Waals surface area (Å²) in [7, 11) is -3.76. The number of benzene rings is 2. The minimum Gasteiger partial charge on any atom is -0.381 e. The fourth-order valence-corrected chi connectivity index (χ4v) is 5.18. The largest absolute Gasteiger partial charge is 0.381 e. The highest BCUT2D eigenvalue weighted by Crippen LogP contribution is 2.29. The van der Waals surface area contributed by atoms with Crippen molar-refractivity contribution in [1.82, 2.24) is 4.31 Å². The average molecular weight is 479 g/mol. The molecule has 2 amide bonds. The van der Waals surface area contributed by atoms with E-state index in [0.717, 1.165) is 12.8 Å². The predicted molar refractivity (Wildman–Crippen MR) is 123 cm³/mol. The maximum Gasteiger partial charge on any atom is 0.323 e. The van der Waals surface area contributed by atoms with Gasteiger partial charge in [0.15, 0.2) is 0 Å². The van der Waals surface area contributed by atoms with Crippen molar-refractivity contribution in [1.29, 1.82) is 0 Å². The Morgan fingerprint density at radius 2 is 1.79 bits per heavy atom. The van der Waals surface area contributed by atoms with Crippen LogP contribution < -0.4 is 16.0 Å². The van der Waals surface area contributed by atoms with Crippen molar-refractivity contribution >= 4 is 33.1 Å². The van der Waals surface area contributed by atoms with Crippen molar-refractivity contribution < 1.29 is 27.1 Å². The van der Waals surface area contributed by atoms with Gasteiger partial charge in [0, 0.05) is 26.2 Å². The van der Waals surface area contributed by atoms with Crippen LogP contribution in [-0.2, 0) is 19.5 Å². The van der Waals surface area contributed by atoms with Gasteiger partial charge in [-0.1, -0.05) is 12.1 Å². The molecule has 0 radical (unpaired) electrons. The molecule has 0 saturated carbocycles. The SMILES string of the molecule is O=C(Nc1ccccc1F)Nc1cc(S(=O)(=O)N2CCOCC2)ccc1NC[C@@H]1CCCO1. The molecule has 33 heavy (non-hydrogen) atoms. The molecule has 1 atom stereocenters. The van der Waals surface area contributed by atoms with Crippen LogP contribution in [0.5, 0.6) is 0 Å². The molecule has 3 N–H and O–H groups in total. The van der Waals surface area contributed by atoms with Gasteiger partial charge < -0.3 is 25.4 Å². The molecule has 11 heteroatoms. The summed E-state index contributed by atoms with van der Waals surface area (Å²) in [5, 5.41) is 8.32. The fraction of sp³-hybridized carbons (Fsp3) is 0.409. The molecule has 2 aromatic carbocycles. The van der Waals surface area contributed by atoms with Crippen LogP contribution in [0.2, 0.25) is 0 Å². The summed E-state index contributed by atoms with van der Waals surface area (Å²) in [5.74, 6) is -0.576. The summed E-state index contributed by atoms with van der Waals surface area (Å²) in [5.41, 5.74) is 0.812. The molecule has 2 fully saturated rings. The van der Waals surface area contributed by atoms with E-state index in [4.69, 9.17) is 9.47 Å². The second-order valence-electron chi connectivity index (χ2n) is 7.80. The molecule has 0 unspecified atom stereocenters. The third-order valence-electron chi connectivity index (χ3n) is 5.51. The Morgan fingerprint density at radius 3 is 2.52 bits per heavy atom. The highest BCUT2D eigenvalue weighted by molar-refractivity contribution is 7.89. The Kier molecular flexibility index (Phi) is 7.43. The summed E-state index contributed by atoms with van der Waals surface area (Å²) in [6, 6.07) is 9.62. The lowest BCUT2D eigenvalue weighted by Gasteiger charge is -2.26. The van der Waals surface area contributed by atoms with Gasteiger partial charge in [-0.05, 0) is 43.2 Å². The number of rotatable bonds is 7. The van der Waals surface area contributed by atoms with Gasteiger partial charge in [0.2, 0.25) is 10.0 Å². The normalized spacial score (nSPS) is 19.2. The van der Waals surface area contributed by atoms with E-state index >= 15 is 0 Å². The number of amides is 2. The highest BCUT2D eigenvalue weighted by atomic mass is 32.2. The van der Waals surface area contributed by atoms with Crippen LogP contribution >= 0.6 is 0 Å². The number of para-hydroxylation sites is 1. The molecule has 9 nitrogen and oxygen atoms in total. The van der Waals surface area contributed by atoms with Gasteiger partial charge in [0.25, 0.3) is 0 Å². The van der Waals surface area contributed by atoms with Crippen LogP contribution in [0.1, 0.15) is 12.8 Å². The zero-order valence-electron chi connectivity index (χ0n) is 18.1. The van der Waals surface area contributed by atoms with Crippen molar-refractivity contribution in [2.45, 2.75) is 23.8 Å². The first-order valence-electron chi connectivity index (χ1n) is 10.8. The summed E-state index contributed by atoms with van der Waals surface area (Å²) in [6.45, 7) is 2.40. The van der Waals surface area contributed by atoms with Crippen molar-refractivity contribution in [2.24, 2.45) is 0 Å². The Labute approximate surface area is 192 Å². The van der Waals surface area contributed by atoms with E-state index in [-0.39, 0.29) is 35.5 Å². The second kappa shape index (κ2) is 10.5. The molecule has 2 heterocycles. The summed E-state index contributed by atoms with van der Waals surface area (Å²) >= 11 is 0. The lowest BCUT2D eigenvalue weighted by molar-refractivity contribution is 0.0730. The quantitative estimate of drug-likeness (QED) is 0.564. The van der Waals surface area contributed by atoms with Crippen molar-refractivity contribution in [3.8, 4) is 0 Å². The minimum absolute atomic E-state index is 0.0148. The van der Waals surface area contributed by atoms with Crippen molar-refractivity contribution in [3.63, 3.8) is 0 Å². The second-order valence-corrected chi connectivity index (χ2v) is 9.74. The summed E-state index contributed by atoms with van der Waals surface area (Å²) in [6.07, 6.45) is 1.95. The van der Waals surface area contributed by atoms with Crippen LogP contribution in [0, 0.1) is 5.82 Å². The molecule has 4 rings (SSSR count). The number of sulfonamides is 1. The van der Waals surface area contributed by atoms with E-state index in [2.05, 4.69) is 16.0 Å². The highest BCUT2D eigenvalue weighted by Gasteiger charge is 2.27. The molecule has 2 aliphatic heterocycles. The number of nitrogens with one attached hydrogen (secondary N) is 3. The van der Waals surface area contributed by atoms with E-state index < -0.39 is 21.9 Å². The third-order valence-corrected chi connectivity index (χ3v) is 7.41. The maximum atomic E-state index is 13.9. The molecule has 178 valence electrons. The van der Waals surface area contributed by atoms with E-state index in [9.17, 15) is 17.6 Å². The molecule has 0 aliphatic carbocycles. The maximum absolute atomic E-state index is 13.9. The minimum atomic E-state index is -3.76. The number of hydrogen-bond acceptors (Lipinski definition) is 6. The monoisotopic (exact) mass is 478 g/mol. The molecule has 0 aromatic heterocycles. The van der Waals surface area contributed by atoms with Gasteiger partial charge in [0.1, 0.15) is 5.82 Å². The topological polar surface area (TPSA) is 109 Å². The lowest BCUT2D eigenvalue weighted by atomic mass is 10.2. The molecule has 2 aliphatic rings. The van der Waals surface area contributed by atoms with Gasteiger partial charge in [-0.3, -0.25) is 0 Å². The Hall–Kier alpha value is -2.73. The average Bonchev–Trinajstić information content (AvgIpc) is 3.34.